The Bertz CT molecular complexity index is 379. The molecule has 0 bridgehead atoms. The third-order valence-electron chi connectivity index (χ3n) is 3.01. The third-order valence-corrected chi connectivity index (χ3v) is 3.99. The number of likely N-dealkylation sites (N-methyl/N-ethyl adjacent to an activating group) is 1. The minimum absolute atomic E-state index is 0.0292. The Balaban J connectivity index is 2.38. The summed E-state index contributed by atoms with van der Waals surface area (Å²) >= 11 is 1.60. The Morgan fingerprint density at radius 3 is 2.50 bits per heavy atom. The first-order chi connectivity index (χ1) is 8.47. The number of carbonyl (C=O) groups is 1. The van der Waals surface area contributed by atoms with Gasteiger partial charge in [0.2, 0.25) is 5.91 Å². The number of hydrogen-bond acceptors (Lipinski definition) is 3. The summed E-state index contributed by atoms with van der Waals surface area (Å²) in [6.07, 6.45) is 0. The smallest absolute Gasteiger partial charge is 0.232 e. The van der Waals surface area contributed by atoms with Crippen molar-refractivity contribution in [2.45, 2.75) is 25.1 Å². The molecule has 0 unspecified atom stereocenters. The monoisotopic (exact) mass is 267 g/mol. The van der Waals surface area contributed by atoms with Gasteiger partial charge >= 0.3 is 0 Å². The van der Waals surface area contributed by atoms with Gasteiger partial charge in [-0.25, -0.2) is 0 Å². The highest BCUT2D eigenvalue weighted by atomic mass is 32.2. The predicted molar refractivity (Wildman–Crippen MR) is 76.5 cm³/mol. The fraction of sp³-hybridized carbons (Fsp3) is 0.500. The van der Waals surface area contributed by atoms with Gasteiger partial charge in [-0.3, -0.25) is 4.79 Å². The lowest BCUT2D eigenvalue weighted by Crippen LogP contribution is -2.48. The van der Waals surface area contributed by atoms with Crippen molar-refractivity contribution in [2.24, 2.45) is 0 Å². The first-order valence-electron chi connectivity index (χ1n) is 5.96. The van der Waals surface area contributed by atoms with Gasteiger partial charge in [-0.05, 0) is 19.4 Å². The first-order valence-corrected chi connectivity index (χ1v) is 7.12. The largest absolute Gasteiger partial charge is 0.394 e. The molecule has 0 saturated heterocycles. The van der Waals surface area contributed by atoms with Crippen LogP contribution in [0, 0.1) is 0 Å². The van der Waals surface area contributed by atoms with Crippen molar-refractivity contribution in [1.82, 2.24) is 4.90 Å². The normalized spacial score (nSPS) is 11.3. The highest BCUT2D eigenvalue weighted by Gasteiger charge is 2.26. The lowest BCUT2D eigenvalue weighted by molar-refractivity contribution is -0.133. The molecule has 0 fully saturated rings. The maximum atomic E-state index is 11.9. The minimum atomic E-state index is -0.496. The van der Waals surface area contributed by atoms with Gasteiger partial charge in [-0.2, -0.15) is 0 Å². The van der Waals surface area contributed by atoms with Gasteiger partial charge in [-0.1, -0.05) is 30.3 Å². The maximum Gasteiger partial charge on any atom is 0.232 e. The van der Waals surface area contributed by atoms with E-state index in [-0.39, 0.29) is 12.5 Å². The molecule has 1 amide bonds. The van der Waals surface area contributed by atoms with E-state index in [1.54, 1.807) is 23.7 Å². The highest BCUT2D eigenvalue weighted by molar-refractivity contribution is 7.99. The highest BCUT2D eigenvalue weighted by Crippen LogP contribution is 2.16. The Morgan fingerprint density at radius 2 is 1.94 bits per heavy atom. The average Bonchev–Trinajstić information content (AvgIpc) is 2.39. The Hall–Kier alpha value is -1.00. The van der Waals surface area contributed by atoms with Gasteiger partial charge in [0, 0.05) is 12.8 Å². The topological polar surface area (TPSA) is 40.5 Å². The summed E-state index contributed by atoms with van der Waals surface area (Å²) in [4.78, 5) is 13.5. The van der Waals surface area contributed by atoms with Gasteiger partial charge in [0.1, 0.15) is 0 Å². The second-order valence-corrected chi connectivity index (χ2v) is 5.89. The predicted octanol–water partition coefficient (Wildman–Crippen LogP) is 2.15. The van der Waals surface area contributed by atoms with E-state index in [1.165, 1.54) is 5.56 Å². The van der Waals surface area contributed by atoms with Crippen molar-refractivity contribution >= 4 is 17.7 Å². The van der Waals surface area contributed by atoms with Crippen molar-refractivity contribution in [3.8, 4) is 0 Å². The van der Waals surface area contributed by atoms with Crippen molar-refractivity contribution in [3.05, 3.63) is 35.9 Å². The molecule has 0 spiro atoms. The van der Waals surface area contributed by atoms with E-state index in [2.05, 4.69) is 12.1 Å². The van der Waals surface area contributed by atoms with Gasteiger partial charge in [0.15, 0.2) is 0 Å². The molecular weight excluding hydrogens is 246 g/mol. The number of benzene rings is 1. The lowest BCUT2D eigenvalue weighted by Gasteiger charge is -2.33. The van der Waals surface area contributed by atoms with Crippen molar-refractivity contribution < 1.29 is 9.90 Å². The van der Waals surface area contributed by atoms with Crippen LogP contribution < -0.4 is 0 Å². The fourth-order valence-corrected chi connectivity index (χ4v) is 2.27. The SMILES string of the molecule is CN(C(=O)CSCc1ccccc1)C(C)(C)CO. The van der Waals surface area contributed by atoms with Crippen LogP contribution in [0.5, 0.6) is 0 Å². The van der Waals surface area contributed by atoms with Crippen LogP contribution in [-0.4, -0.2) is 40.9 Å². The number of amides is 1. The number of rotatable bonds is 6. The van der Waals surface area contributed by atoms with Crippen LogP contribution in [-0.2, 0) is 10.5 Å². The Morgan fingerprint density at radius 1 is 1.33 bits per heavy atom. The summed E-state index contributed by atoms with van der Waals surface area (Å²) in [5, 5.41) is 9.22. The van der Waals surface area contributed by atoms with Crippen molar-refractivity contribution in [1.29, 1.82) is 0 Å². The Kier molecular flexibility index (Phi) is 5.69. The van der Waals surface area contributed by atoms with E-state index in [9.17, 15) is 9.90 Å². The summed E-state index contributed by atoms with van der Waals surface area (Å²) < 4.78 is 0. The zero-order valence-electron chi connectivity index (χ0n) is 11.2. The number of aliphatic hydroxyl groups is 1. The van der Waals surface area contributed by atoms with Gasteiger partial charge in [0.05, 0.1) is 17.9 Å². The molecule has 0 radical (unpaired) electrons. The van der Waals surface area contributed by atoms with Crippen LogP contribution in [0.15, 0.2) is 30.3 Å². The molecule has 0 aliphatic rings. The van der Waals surface area contributed by atoms with E-state index >= 15 is 0 Å². The molecular formula is C14H21NO2S. The number of thioether (sulfide) groups is 1. The van der Waals surface area contributed by atoms with Crippen LogP contribution in [0.1, 0.15) is 19.4 Å². The van der Waals surface area contributed by atoms with Crippen LogP contribution in [0.25, 0.3) is 0 Å². The molecule has 1 aromatic rings. The Labute approximate surface area is 113 Å². The standard InChI is InChI=1S/C14H21NO2S/c1-14(2,11-16)15(3)13(17)10-18-9-12-7-5-4-6-8-12/h4-8,16H,9-11H2,1-3H3. The van der Waals surface area contributed by atoms with Crippen LogP contribution >= 0.6 is 11.8 Å². The zero-order chi connectivity index (χ0) is 13.6. The van der Waals surface area contributed by atoms with Crippen LogP contribution in [0.2, 0.25) is 0 Å². The van der Waals surface area contributed by atoms with E-state index in [0.717, 1.165) is 5.75 Å². The quantitative estimate of drug-likeness (QED) is 0.858. The molecule has 0 aliphatic heterocycles. The summed E-state index contributed by atoms with van der Waals surface area (Å²) in [6, 6.07) is 10.1. The van der Waals surface area contributed by atoms with Gasteiger partial charge in [0.25, 0.3) is 0 Å². The molecule has 3 nitrogen and oxygen atoms in total. The number of hydrogen-bond donors (Lipinski definition) is 1. The number of carbonyl (C=O) groups excluding carboxylic acids is 1. The fourth-order valence-electron chi connectivity index (χ4n) is 1.37. The molecule has 4 heteroatoms. The van der Waals surface area contributed by atoms with Crippen molar-refractivity contribution in [3.63, 3.8) is 0 Å². The van der Waals surface area contributed by atoms with Crippen molar-refractivity contribution in [2.75, 3.05) is 19.4 Å². The zero-order valence-corrected chi connectivity index (χ0v) is 12.0. The molecule has 1 rings (SSSR count). The summed E-state index contributed by atoms with van der Waals surface area (Å²) in [5.74, 6) is 1.32. The van der Waals surface area contributed by atoms with E-state index < -0.39 is 5.54 Å². The molecule has 0 saturated carbocycles. The second kappa shape index (κ2) is 6.81. The maximum absolute atomic E-state index is 11.9. The van der Waals surface area contributed by atoms with Gasteiger partial charge in [-0.15, -0.1) is 11.8 Å². The third kappa shape index (κ3) is 4.35. The minimum Gasteiger partial charge on any atom is -0.394 e. The van der Waals surface area contributed by atoms with Gasteiger partial charge < -0.3 is 10.0 Å². The average molecular weight is 267 g/mol. The molecule has 1 N–H and O–H groups in total. The number of nitrogens with zero attached hydrogens (tertiary/aromatic N) is 1. The van der Waals surface area contributed by atoms with Crippen LogP contribution in [0.4, 0.5) is 0 Å². The second-order valence-electron chi connectivity index (χ2n) is 4.90. The van der Waals surface area contributed by atoms with E-state index in [4.69, 9.17) is 0 Å². The molecule has 0 aromatic heterocycles. The summed E-state index contributed by atoms with van der Waals surface area (Å²) in [5.41, 5.74) is 0.726. The summed E-state index contributed by atoms with van der Waals surface area (Å²) in [6.45, 7) is 3.68. The molecule has 100 valence electrons. The summed E-state index contributed by atoms with van der Waals surface area (Å²) in [7, 11) is 1.74. The van der Waals surface area contributed by atoms with Crippen LogP contribution in [0.3, 0.4) is 0 Å². The molecule has 0 heterocycles. The van der Waals surface area contributed by atoms with E-state index in [0.29, 0.717) is 5.75 Å². The first kappa shape index (κ1) is 15.1. The molecule has 0 atom stereocenters. The number of aliphatic hydroxyl groups excluding tert-OH is 1. The lowest BCUT2D eigenvalue weighted by atomic mass is 10.1. The molecule has 1 aromatic carbocycles. The molecule has 18 heavy (non-hydrogen) atoms. The van der Waals surface area contributed by atoms with E-state index in [1.807, 2.05) is 32.0 Å². The molecule has 0 aliphatic carbocycles.